The summed E-state index contributed by atoms with van der Waals surface area (Å²) in [5.41, 5.74) is -1.94. The van der Waals surface area contributed by atoms with Gasteiger partial charge in [-0.3, -0.25) is 0 Å². The molecule has 0 spiro atoms. The molecule has 2 heteroatoms. The lowest BCUT2D eigenvalue weighted by Crippen LogP contribution is -2.34. The minimum absolute atomic E-state index is 0.221. The van der Waals surface area contributed by atoms with Crippen molar-refractivity contribution in [3.63, 3.8) is 0 Å². The predicted molar refractivity (Wildman–Crippen MR) is 41.3 cm³/mol. The van der Waals surface area contributed by atoms with Gasteiger partial charge in [0.2, 0.25) is 0 Å². The summed E-state index contributed by atoms with van der Waals surface area (Å²) in [4.78, 5) is 0. The van der Waals surface area contributed by atoms with Crippen LogP contribution in [0.3, 0.4) is 0 Å². The van der Waals surface area contributed by atoms with Crippen LogP contribution in [-0.4, -0.2) is 10.7 Å². The average molecular weight is 149 g/mol. The Morgan fingerprint density at radius 3 is 2.36 bits per heavy atom. The molecule has 0 heterocycles. The maximum absolute atomic E-state index is 9.63. The largest absolute Gasteiger partial charge is 0.376 e. The van der Waals surface area contributed by atoms with E-state index in [1.165, 1.54) is 6.92 Å². The van der Waals surface area contributed by atoms with E-state index in [2.05, 4.69) is 12.0 Å². The minimum atomic E-state index is -1.26. The summed E-state index contributed by atoms with van der Waals surface area (Å²) < 4.78 is 0. The molecule has 0 unspecified atom stereocenters. The Kier molecular flexibility index (Phi) is 1.47. The van der Waals surface area contributed by atoms with Crippen LogP contribution in [0, 0.1) is 35.0 Å². The van der Waals surface area contributed by atoms with E-state index in [9.17, 15) is 5.11 Å². The second kappa shape index (κ2) is 2.00. The highest BCUT2D eigenvalue weighted by Gasteiger charge is 2.62. The molecule has 0 bridgehead atoms. The van der Waals surface area contributed by atoms with E-state index in [1.807, 2.05) is 6.92 Å². The van der Waals surface area contributed by atoms with Crippen LogP contribution in [-0.2, 0) is 0 Å². The number of hydrogen-bond acceptors (Lipinski definition) is 2. The fourth-order valence-corrected chi connectivity index (χ4v) is 1.50. The SMILES string of the molecule is C#C[C@](C)(O)[C@]1(C#N)C[C@@H]1C. The van der Waals surface area contributed by atoms with Crippen molar-refractivity contribution in [2.24, 2.45) is 11.3 Å². The monoisotopic (exact) mass is 149 g/mol. The molecule has 1 saturated carbocycles. The van der Waals surface area contributed by atoms with Gasteiger partial charge in [0.1, 0.15) is 5.60 Å². The summed E-state index contributed by atoms with van der Waals surface area (Å²) in [7, 11) is 0. The van der Waals surface area contributed by atoms with Gasteiger partial charge >= 0.3 is 0 Å². The van der Waals surface area contributed by atoms with Crippen molar-refractivity contribution in [2.75, 3.05) is 0 Å². The lowest BCUT2D eigenvalue weighted by molar-refractivity contribution is 0.0616. The number of hydrogen-bond donors (Lipinski definition) is 1. The molecule has 3 atom stereocenters. The average Bonchev–Trinajstić information content (AvgIpc) is 2.63. The molecular formula is C9H11NO. The first-order valence-electron chi connectivity index (χ1n) is 3.61. The van der Waals surface area contributed by atoms with E-state index < -0.39 is 11.0 Å². The smallest absolute Gasteiger partial charge is 0.141 e. The molecule has 0 amide bonds. The standard InChI is InChI=1S/C9H11NO/c1-4-8(3,11)9(6-10)5-7(9)2/h1,7,11H,5H2,2-3H3/t7-,8-,9-/m0/s1. The molecule has 1 N–H and O–H groups in total. The molecule has 1 rings (SSSR count). The molecule has 0 radical (unpaired) electrons. The van der Waals surface area contributed by atoms with Crippen molar-refractivity contribution >= 4 is 0 Å². The van der Waals surface area contributed by atoms with Crippen LogP contribution in [0.4, 0.5) is 0 Å². The first-order valence-corrected chi connectivity index (χ1v) is 3.61. The highest BCUT2D eigenvalue weighted by Crippen LogP contribution is 2.58. The fraction of sp³-hybridized carbons (Fsp3) is 0.667. The van der Waals surface area contributed by atoms with E-state index in [4.69, 9.17) is 11.7 Å². The van der Waals surface area contributed by atoms with Gasteiger partial charge in [0, 0.05) is 0 Å². The van der Waals surface area contributed by atoms with Crippen LogP contribution in [0.25, 0.3) is 0 Å². The second-order valence-electron chi connectivity index (χ2n) is 3.40. The minimum Gasteiger partial charge on any atom is -0.376 e. The topological polar surface area (TPSA) is 44.0 Å². The van der Waals surface area contributed by atoms with Crippen LogP contribution in [0.15, 0.2) is 0 Å². The van der Waals surface area contributed by atoms with Gasteiger partial charge in [-0.25, -0.2) is 0 Å². The zero-order valence-electron chi connectivity index (χ0n) is 6.76. The number of nitrogens with zero attached hydrogens (tertiary/aromatic N) is 1. The highest BCUT2D eigenvalue weighted by molar-refractivity contribution is 5.30. The lowest BCUT2D eigenvalue weighted by Gasteiger charge is -2.22. The van der Waals surface area contributed by atoms with E-state index in [0.29, 0.717) is 6.42 Å². The summed E-state index contributed by atoms with van der Waals surface area (Å²) >= 11 is 0. The Labute approximate surface area is 66.8 Å². The Morgan fingerprint density at radius 2 is 2.27 bits per heavy atom. The van der Waals surface area contributed by atoms with Gasteiger partial charge in [-0.05, 0) is 19.3 Å². The summed E-state index contributed by atoms with van der Waals surface area (Å²) in [5.74, 6) is 2.48. The zero-order valence-corrected chi connectivity index (χ0v) is 6.76. The zero-order chi connectivity index (χ0) is 8.70. The summed E-state index contributed by atoms with van der Waals surface area (Å²) in [6, 6.07) is 2.10. The van der Waals surface area contributed by atoms with Crippen LogP contribution < -0.4 is 0 Å². The van der Waals surface area contributed by atoms with Gasteiger partial charge in [-0.1, -0.05) is 12.8 Å². The molecule has 11 heavy (non-hydrogen) atoms. The Bertz CT molecular complexity index is 256. The molecule has 0 aliphatic heterocycles. The fourth-order valence-electron chi connectivity index (χ4n) is 1.50. The molecule has 1 fully saturated rings. The van der Waals surface area contributed by atoms with Crippen LogP contribution >= 0.6 is 0 Å². The van der Waals surface area contributed by atoms with Crippen LogP contribution in [0.2, 0.25) is 0 Å². The molecule has 1 aliphatic carbocycles. The van der Waals surface area contributed by atoms with Crippen molar-refractivity contribution in [2.45, 2.75) is 25.9 Å². The van der Waals surface area contributed by atoms with E-state index in [0.717, 1.165) is 0 Å². The molecule has 1 aliphatic rings. The maximum atomic E-state index is 9.63. The molecule has 0 saturated heterocycles. The summed E-state index contributed by atoms with van der Waals surface area (Å²) in [5, 5.41) is 18.4. The van der Waals surface area contributed by atoms with Gasteiger partial charge in [0.15, 0.2) is 0 Å². The van der Waals surface area contributed by atoms with Gasteiger partial charge in [-0.2, -0.15) is 5.26 Å². The van der Waals surface area contributed by atoms with Crippen molar-refractivity contribution in [1.82, 2.24) is 0 Å². The van der Waals surface area contributed by atoms with Crippen molar-refractivity contribution < 1.29 is 5.11 Å². The third kappa shape index (κ3) is 0.836. The molecule has 0 aromatic heterocycles. The first kappa shape index (κ1) is 8.11. The van der Waals surface area contributed by atoms with Gasteiger partial charge in [-0.15, -0.1) is 6.42 Å². The third-order valence-electron chi connectivity index (χ3n) is 2.66. The Hall–Kier alpha value is -0.990. The highest BCUT2D eigenvalue weighted by atomic mass is 16.3. The molecular weight excluding hydrogens is 138 g/mol. The maximum Gasteiger partial charge on any atom is 0.141 e. The summed E-state index contributed by atoms with van der Waals surface area (Å²) in [6.07, 6.45) is 5.83. The van der Waals surface area contributed by atoms with E-state index in [-0.39, 0.29) is 5.92 Å². The number of terminal acetylenes is 1. The summed E-state index contributed by atoms with van der Waals surface area (Å²) in [6.45, 7) is 3.45. The number of aliphatic hydroxyl groups is 1. The van der Waals surface area contributed by atoms with Crippen LogP contribution in [0.5, 0.6) is 0 Å². The Balaban J connectivity index is 2.94. The van der Waals surface area contributed by atoms with Crippen molar-refractivity contribution in [3.05, 3.63) is 0 Å². The normalized spacial score (nSPS) is 39.9. The molecule has 58 valence electrons. The van der Waals surface area contributed by atoms with E-state index >= 15 is 0 Å². The van der Waals surface area contributed by atoms with Crippen molar-refractivity contribution in [3.8, 4) is 18.4 Å². The van der Waals surface area contributed by atoms with Crippen LogP contribution in [0.1, 0.15) is 20.3 Å². The van der Waals surface area contributed by atoms with Gasteiger partial charge in [0.25, 0.3) is 0 Å². The third-order valence-corrected chi connectivity index (χ3v) is 2.66. The second-order valence-corrected chi connectivity index (χ2v) is 3.40. The van der Waals surface area contributed by atoms with Gasteiger partial charge < -0.3 is 5.11 Å². The lowest BCUT2D eigenvalue weighted by atomic mass is 9.86. The molecule has 0 aromatic carbocycles. The molecule has 0 aromatic rings. The molecule has 2 nitrogen and oxygen atoms in total. The van der Waals surface area contributed by atoms with Gasteiger partial charge in [0.05, 0.1) is 11.5 Å². The van der Waals surface area contributed by atoms with Crippen molar-refractivity contribution in [1.29, 1.82) is 5.26 Å². The quantitative estimate of drug-likeness (QED) is 0.563. The first-order chi connectivity index (χ1) is 5.00. The predicted octanol–water partition coefficient (Wildman–Crippen LogP) is 0.920. The van der Waals surface area contributed by atoms with E-state index in [1.54, 1.807) is 0 Å². The number of nitriles is 1. The number of rotatable bonds is 1. The Morgan fingerprint density at radius 1 is 1.82 bits per heavy atom.